The van der Waals surface area contributed by atoms with Crippen LogP contribution in [0.1, 0.15) is 62.3 Å². The van der Waals surface area contributed by atoms with Gasteiger partial charge in [-0.05, 0) is 79.1 Å². The lowest BCUT2D eigenvalue weighted by atomic mass is 9.87. The molecule has 238 valence electrons. The summed E-state index contributed by atoms with van der Waals surface area (Å²) in [5.74, 6) is -0.740. The smallest absolute Gasteiger partial charge is 0.273 e. The van der Waals surface area contributed by atoms with Crippen LogP contribution >= 0.6 is 11.3 Å². The molecule has 0 bridgehead atoms. The lowest BCUT2D eigenvalue weighted by Crippen LogP contribution is -2.35. The molecule has 0 aliphatic carbocycles. The molecular formula is C36H38N4O4S2. The van der Waals surface area contributed by atoms with Crippen molar-refractivity contribution in [3.05, 3.63) is 109 Å². The van der Waals surface area contributed by atoms with E-state index < -0.39 is 15.9 Å². The van der Waals surface area contributed by atoms with Crippen molar-refractivity contribution in [1.82, 2.24) is 8.87 Å². The molecule has 0 spiro atoms. The molecule has 1 N–H and O–H groups in total. The Morgan fingerprint density at radius 3 is 2.30 bits per heavy atom. The van der Waals surface area contributed by atoms with Gasteiger partial charge in [-0.2, -0.15) is 9.57 Å². The van der Waals surface area contributed by atoms with E-state index in [1.54, 1.807) is 18.2 Å². The zero-order valence-corrected chi connectivity index (χ0v) is 28.4. The topological polar surface area (TPSA) is 112 Å². The minimum Gasteiger partial charge on any atom is -0.321 e. The first-order chi connectivity index (χ1) is 21.8. The second-order valence-corrected chi connectivity index (χ2v) is 15.6. The number of sulfonamides is 1. The van der Waals surface area contributed by atoms with Crippen molar-refractivity contribution in [1.29, 1.82) is 5.26 Å². The van der Waals surface area contributed by atoms with Crippen molar-refractivity contribution in [2.75, 3.05) is 18.4 Å². The molecule has 46 heavy (non-hydrogen) atoms. The number of amides is 1. The number of hydrogen-bond acceptors (Lipinski definition) is 6. The van der Waals surface area contributed by atoms with Crippen LogP contribution in [0.2, 0.25) is 0 Å². The van der Waals surface area contributed by atoms with E-state index in [0.717, 1.165) is 52.9 Å². The molecule has 4 aromatic rings. The van der Waals surface area contributed by atoms with Gasteiger partial charge in [0.1, 0.15) is 10.7 Å². The van der Waals surface area contributed by atoms with Crippen LogP contribution in [0.4, 0.5) is 5.69 Å². The summed E-state index contributed by atoms with van der Waals surface area (Å²) < 4.78 is 30.0. The van der Waals surface area contributed by atoms with Gasteiger partial charge < -0.3 is 5.32 Å². The highest BCUT2D eigenvalue weighted by Crippen LogP contribution is 2.24. The fourth-order valence-corrected chi connectivity index (χ4v) is 8.19. The fourth-order valence-electron chi connectivity index (χ4n) is 5.53. The third kappa shape index (κ3) is 6.92. The Morgan fingerprint density at radius 2 is 1.67 bits per heavy atom. The lowest BCUT2D eigenvalue weighted by molar-refractivity contribution is -0.111. The van der Waals surface area contributed by atoms with E-state index >= 15 is 0 Å². The van der Waals surface area contributed by atoms with E-state index in [1.165, 1.54) is 21.0 Å². The largest absolute Gasteiger partial charge is 0.321 e. The molecule has 1 aromatic heterocycles. The molecule has 0 atom stereocenters. The Balaban J connectivity index is 1.62. The number of nitrogens with one attached hydrogen (secondary N) is 1. The summed E-state index contributed by atoms with van der Waals surface area (Å²) >= 11 is 1.07. The van der Waals surface area contributed by atoms with Crippen LogP contribution in [0, 0.1) is 25.2 Å². The third-order valence-electron chi connectivity index (χ3n) is 8.09. The van der Waals surface area contributed by atoms with Gasteiger partial charge >= 0.3 is 0 Å². The van der Waals surface area contributed by atoms with Crippen molar-refractivity contribution in [2.24, 2.45) is 0 Å². The summed E-state index contributed by atoms with van der Waals surface area (Å²) in [6, 6.07) is 21.7. The van der Waals surface area contributed by atoms with Gasteiger partial charge in [-0.15, -0.1) is 11.3 Å². The van der Waals surface area contributed by atoms with Crippen LogP contribution in [0.15, 0.2) is 76.4 Å². The summed E-state index contributed by atoms with van der Waals surface area (Å²) in [5.41, 5.74) is 3.99. The minimum atomic E-state index is -3.73. The Morgan fingerprint density at radius 1 is 0.978 bits per heavy atom. The summed E-state index contributed by atoms with van der Waals surface area (Å²) in [6.45, 7) is 11.1. The van der Waals surface area contributed by atoms with Crippen molar-refractivity contribution in [2.45, 2.75) is 64.2 Å². The Kier molecular flexibility index (Phi) is 9.49. The minimum absolute atomic E-state index is 0.0222. The Hall–Kier alpha value is -4.30. The molecule has 3 aromatic carbocycles. The highest BCUT2D eigenvalue weighted by molar-refractivity contribution is 7.89. The molecule has 1 fully saturated rings. The summed E-state index contributed by atoms with van der Waals surface area (Å²) in [4.78, 5) is 27.7. The van der Waals surface area contributed by atoms with Gasteiger partial charge in [-0.3, -0.25) is 14.2 Å². The van der Waals surface area contributed by atoms with Gasteiger partial charge in [-0.25, -0.2) is 8.42 Å². The third-order valence-corrected chi connectivity index (χ3v) is 11.1. The van der Waals surface area contributed by atoms with Crippen LogP contribution in [-0.2, 0) is 20.2 Å². The highest BCUT2D eigenvalue weighted by atomic mass is 32.2. The van der Waals surface area contributed by atoms with Gasteiger partial charge in [-0.1, -0.05) is 75.2 Å². The first-order valence-electron chi connectivity index (χ1n) is 15.3. The van der Waals surface area contributed by atoms with Crippen LogP contribution in [-0.4, -0.2) is 36.3 Å². The van der Waals surface area contributed by atoms with Gasteiger partial charge in [0.15, 0.2) is 5.57 Å². The quantitative estimate of drug-likeness (QED) is 0.310. The number of carbonyl (C=O) groups excluding carboxylic acids is 1. The summed E-state index contributed by atoms with van der Waals surface area (Å²) in [7, 11) is -3.73. The molecule has 1 aliphatic rings. The second-order valence-electron chi connectivity index (χ2n) is 12.7. The number of anilines is 1. The average molecular weight is 655 g/mol. The Bertz CT molecular complexity index is 2130. The SMILES string of the molecule is Cc1ccc(-n2c(=O)/c(=C\c3ccc(C(C)(C)C)cc3)s/c2=C(/C#N)C(=O)Nc2cccc(S(=O)(=O)N3CCCCC3)c2)c(C)c1. The predicted octanol–water partition coefficient (Wildman–Crippen LogP) is 5.13. The number of aryl methyl sites for hydroxylation is 2. The first-order valence-corrected chi connectivity index (χ1v) is 17.5. The van der Waals surface area contributed by atoms with E-state index in [2.05, 4.69) is 26.1 Å². The number of nitrogens with zero attached hydrogens (tertiary/aromatic N) is 3. The molecular weight excluding hydrogens is 617 g/mol. The maximum absolute atomic E-state index is 14.0. The maximum atomic E-state index is 14.0. The standard InChI is InChI=1S/C36H38N4O4S2/c1-24-12-17-31(25(2)20-24)40-34(42)32(21-26-13-15-27(16-14-26)36(3,4)5)45-35(40)30(23-37)33(41)38-28-10-9-11-29(22-28)46(43,44)39-18-7-6-8-19-39/h9-17,20-22H,6-8,18-19H2,1-5H3,(H,38,41)/b32-21+,35-30-. The summed E-state index contributed by atoms with van der Waals surface area (Å²) in [6.07, 6.45) is 4.38. The van der Waals surface area contributed by atoms with E-state index in [1.807, 2.05) is 62.4 Å². The van der Waals surface area contributed by atoms with Gasteiger partial charge in [0.2, 0.25) is 10.0 Å². The van der Waals surface area contributed by atoms with Gasteiger partial charge in [0, 0.05) is 18.8 Å². The molecule has 0 radical (unpaired) electrons. The zero-order chi connectivity index (χ0) is 33.2. The number of hydrogen-bond donors (Lipinski definition) is 1. The lowest BCUT2D eigenvalue weighted by Gasteiger charge is -2.26. The molecule has 0 saturated carbocycles. The van der Waals surface area contributed by atoms with E-state index in [-0.39, 0.29) is 31.8 Å². The number of benzene rings is 3. The van der Waals surface area contributed by atoms with Gasteiger partial charge in [0.05, 0.1) is 15.1 Å². The highest BCUT2D eigenvalue weighted by Gasteiger charge is 2.26. The Labute approximate surface area is 274 Å². The number of rotatable bonds is 6. The van der Waals surface area contributed by atoms with Crippen molar-refractivity contribution in [3.63, 3.8) is 0 Å². The van der Waals surface area contributed by atoms with E-state index in [0.29, 0.717) is 23.3 Å². The van der Waals surface area contributed by atoms with E-state index in [4.69, 9.17) is 0 Å². The number of piperidine rings is 1. The van der Waals surface area contributed by atoms with Gasteiger partial charge in [0.25, 0.3) is 11.5 Å². The number of thiazole rings is 1. The second kappa shape index (κ2) is 13.2. The molecule has 1 saturated heterocycles. The maximum Gasteiger partial charge on any atom is 0.273 e. The monoisotopic (exact) mass is 654 g/mol. The molecule has 5 rings (SSSR count). The van der Waals surface area contributed by atoms with Crippen LogP contribution in [0.5, 0.6) is 0 Å². The predicted molar refractivity (Wildman–Crippen MR) is 184 cm³/mol. The first kappa shape index (κ1) is 33.1. The molecule has 10 heteroatoms. The number of carbonyl (C=O) groups is 1. The normalized spacial score (nSPS) is 15.3. The average Bonchev–Trinajstić information content (AvgIpc) is 3.32. The van der Waals surface area contributed by atoms with Crippen molar-refractivity contribution >= 4 is 44.6 Å². The molecule has 2 heterocycles. The number of aromatic nitrogens is 1. The van der Waals surface area contributed by atoms with Crippen LogP contribution in [0.25, 0.3) is 17.3 Å². The molecule has 0 unspecified atom stereocenters. The molecule has 8 nitrogen and oxygen atoms in total. The molecule has 1 aliphatic heterocycles. The van der Waals surface area contributed by atoms with Crippen molar-refractivity contribution in [3.8, 4) is 11.8 Å². The van der Waals surface area contributed by atoms with Crippen LogP contribution in [0.3, 0.4) is 0 Å². The van der Waals surface area contributed by atoms with E-state index in [9.17, 15) is 23.3 Å². The van der Waals surface area contributed by atoms with Crippen LogP contribution < -0.4 is 20.1 Å². The summed E-state index contributed by atoms with van der Waals surface area (Å²) in [5, 5.41) is 13.0. The zero-order valence-electron chi connectivity index (χ0n) is 26.8. The number of nitriles is 1. The van der Waals surface area contributed by atoms with Crippen molar-refractivity contribution < 1.29 is 13.2 Å². The molecule has 1 amide bonds. The fraction of sp³-hybridized carbons (Fsp3) is 0.306.